The van der Waals surface area contributed by atoms with Gasteiger partial charge in [-0.15, -0.1) is 0 Å². The van der Waals surface area contributed by atoms with E-state index in [0.29, 0.717) is 0 Å². The Balaban J connectivity index is 6.39. The molecular formula is C13H14F13NO. The van der Waals surface area contributed by atoms with Crippen LogP contribution in [-0.4, -0.2) is 54.8 Å². The van der Waals surface area contributed by atoms with Gasteiger partial charge in [0, 0.05) is 6.54 Å². The molecule has 0 saturated carbocycles. The molecule has 0 aliphatic heterocycles. The lowest BCUT2D eigenvalue weighted by Gasteiger charge is -2.39. The Kier molecular flexibility index (Phi) is 7.71. The average Bonchev–Trinajstić information content (AvgIpc) is 2.52. The van der Waals surface area contributed by atoms with Crippen molar-refractivity contribution in [1.82, 2.24) is 0 Å². The molecule has 28 heavy (non-hydrogen) atoms. The second kappa shape index (κ2) is 8.13. The predicted octanol–water partition coefficient (Wildman–Crippen LogP) is 5.96. The molecule has 0 rings (SSSR count). The van der Waals surface area contributed by atoms with Crippen molar-refractivity contribution >= 4 is 5.90 Å². The van der Waals surface area contributed by atoms with Gasteiger partial charge in [-0.2, -0.15) is 57.1 Å². The molecule has 168 valence electrons. The maximum absolute atomic E-state index is 13.8. The Morgan fingerprint density at radius 2 is 1.11 bits per heavy atom. The lowest BCUT2D eigenvalue weighted by atomic mass is 9.94. The number of hydrogen-bond acceptors (Lipinski definition) is 2. The van der Waals surface area contributed by atoms with Crippen LogP contribution >= 0.6 is 0 Å². The van der Waals surface area contributed by atoms with Crippen LogP contribution in [0.3, 0.4) is 0 Å². The zero-order valence-corrected chi connectivity index (χ0v) is 14.1. The zero-order chi connectivity index (χ0) is 22.8. The summed E-state index contributed by atoms with van der Waals surface area (Å²) in [7, 11) is 0. The van der Waals surface area contributed by atoms with Gasteiger partial charge in [0.25, 0.3) is 5.90 Å². The number of hydrogen-bond donors (Lipinski definition) is 0. The first-order chi connectivity index (χ1) is 12.3. The molecule has 0 N–H and O–H groups in total. The molecule has 0 spiro atoms. The van der Waals surface area contributed by atoms with Crippen LogP contribution in [0.1, 0.15) is 26.7 Å². The molecule has 0 aliphatic carbocycles. The number of aliphatic imine (C=N–C) groups is 1. The summed E-state index contributed by atoms with van der Waals surface area (Å²) in [5.74, 6) is -39.9. The number of ether oxygens (including phenoxy) is 1. The summed E-state index contributed by atoms with van der Waals surface area (Å²) >= 11 is 0. The van der Waals surface area contributed by atoms with Crippen LogP contribution in [0, 0.1) is 0 Å². The highest BCUT2D eigenvalue weighted by atomic mass is 19.4. The normalized spacial score (nSPS) is 15.8. The van der Waals surface area contributed by atoms with Crippen LogP contribution in [-0.2, 0) is 4.74 Å². The molecular weight excluding hydrogens is 433 g/mol. The smallest absolute Gasteiger partial charge is 0.460 e. The van der Waals surface area contributed by atoms with Crippen LogP contribution in [0.5, 0.6) is 0 Å². The van der Waals surface area contributed by atoms with Crippen molar-refractivity contribution in [2.45, 2.75) is 62.5 Å². The molecule has 0 amide bonds. The Morgan fingerprint density at radius 3 is 1.46 bits per heavy atom. The van der Waals surface area contributed by atoms with Crippen LogP contribution < -0.4 is 0 Å². The van der Waals surface area contributed by atoms with Crippen molar-refractivity contribution in [2.24, 2.45) is 4.99 Å². The van der Waals surface area contributed by atoms with Gasteiger partial charge in [-0.3, -0.25) is 4.99 Å². The molecule has 0 aromatic carbocycles. The minimum Gasteiger partial charge on any atom is -0.477 e. The molecule has 0 atom stereocenters. The second-order valence-corrected chi connectivity index (χ2v) is 5.34. The fourth-order valence-corrected chi connectivity index (χ4v) is 1.61. The van der Waals surface area contributed by atoms with Crippen LogP contribution in [0.2, 0.25) is 0 Å². The first-order valence-corrected chi connectivity index (χ1v) is 7.40. The van der Waals surface area contributed by atoms with E-state index >= 15 is 0 Å². The second-order valence-electron chi connectivity index (χ2n) is 5.34. The minimum atomic E-state index is -7.94. The fraction of sp³-hybridized carbons (Fsp3) is 0.923. The van der Waals surface area contributed by atoms with Crippen LogP contribution in [0.25, 0.3) is 0 Å². The van der Waals surface area contributed by atoms with E-state index in [1.807, 2.05) is 0 Å². The average molecular weight is 447 g/mol. The van der Waals surface area contributed by atoms with E-state index in [1.54, 1.807) is 0 Å². The van der Waals surface area contributed by atoms with Gasteiger partial charge in [0.2, 0.25) is 0 Å². The van der Waals surface area contributed by atoms with E-state index in [4.69, 9.17) is 0 Å². The van der Waals surface area contributed by atoms with Gasteiger partial charge in [0.1, 0.15) is 0 Å². The summed E-state index contributed by atoms with van der Waals surface area (Å²) < 4.78 is 173. The molecule has 2 nitrogen and oxygen atoms in total. The van der Waals surface area contributed by atoms with E-state index in [-0.39, 0.29) is 12.8 Å². The Morgan fingerprint density at radius 1 is 0.679 bits per heavy atom. The Labute approximate surface area is 149 Å². The molecule has 0 saturated heterocycles. The summed E-state index contributed by atoms with van der Waals surface area (Å²) in [6, 6.07) is 0. The van der Waals surface area contributed by atoms with Crippen molar-refractivity contribution < 1.29 is 61.8 Å². The van der Waals surface area contributed by atoms with Gasteiger partial charge in [-0.25, -0.2) is 0 Å². The number of halogens is 13. The van der Waals surface area contributed by atoms with Crippen molar-refractivity contribution in [3.8, 4) is 0 Å². The third-order valence-corrected chi connectivity index (χ3v) is 3.25. The third kappa shape index (κ3) is 4.11. The van der Waals surface area contributed by atoms with Crippen molar-refractivity contribution in [3.05, 3.63) is 0 Å². The summed E-state index contributed by atoms with van der Waals surface area (Å²) in [5.41, 5.74) is 0. The van der Waals surface area contributed by atoms with Crippen LogP contribution in [0.15, 0.2) is 4.99 Å². The van der Waals surface area contributed by atoms with E-state index < -0.39 is 54.8 Å². The molecule has 0 radical (unpaired) electrons. The van der Waals surface area contributed by atoms with Crippen molar-refractivity contribution in [3.63, 3.8) is 0 Å². The Hall–Kier alpha value is -1.44. The number of alkyl halides is 13. The van der Waals surface area contributed by atoms with E-state index in [1.165, 1.54) is 6.92 Å². The van der Waals surface area contributed by atoms with Gasteiger partial charge in [-0.1, -0.05) is 13.3 Å². The highest BCUT2D eigenvalue weighted by molar-refractivity contribution is 5.85. The first kappa shape index (κ1) is 26.6. The highest BCUT2D eigenvalue weighted by Gasteiger charge is 2.91. The monoisotopic (exact) mass is 447 g/mol. The molecule has 0 heterocycles. The molecule has 15 heteroatoms. The summed E-state index contributed by atoms with van der Waals surface area (Å²) in [4.78, 5) is 2.72. The quantitative estimate of drug-likeness (QED) is 0.185. The van der Waals surface area contributed by atoms with E-state index in [2.05, 4.69) is 9.73 Å². The molecule has 0 aliphatic rings. The van der Waals surface area contributed by atoms with Gasteiger partial charge in [-0.05, 0) is 13.3 Å². The molecule has 0 fully saturated rings. The summed E-state index contributed by atoms with van der Waals surface area (Å²) in [5, 5.41) is 0. The number of rotatable bonds is 9. The Bertz CT molecular complexity index is 553. The molecule has 0 aromatic rings. The van der Waals surface area contributed by atoms with Gasteiger partial charge < -0.3 is 4.74 Å². The van der Waals surface area contributed by atoms with Gasteiger partial charge in [0.05, 0.1) is 6.61 Å². The maximum Gasteiger partial charge on any atom is 0.460 e. The largest absolute Gasteiger partial charge is 0.477 e. The third-order valence-electron chi connectivity index (χ3n) is 3.25. The SMILES string of the molecule is CCCCN=C(OCC)C(F)(F)C(F)(F)C(F)(F)C(F)(F)C(F)(F)C(F)(F)F. The predicted molar refractivity (Wildman–Crippen MR) is 69.6 cm³/mol. The standard InChI is InChI=1S/C13H14F13NO/c1-3-5-6-27-7(28-4-2)8(14,15)9(16,17)10(18,19)11(20,21)12(22,23)13(24,25)26/h3-6H2,1-2H3. The van der Waals surface area contributed by atoms with Crippen LogP contribution in [0.4, 0.5) is 57.1 Å². The summed E-state index contributed by atoms with van der Waals surface area (Å²) in [6.45, 7) is 0.722. The van der Waals surface area contributed by atoms with Crippen molar-refractivity contribution in [1.29, 1.82) is 0 Å². The number of nitrogens with zero attached hydrogens (tertiary/aromatic N) is 1. The first-order valence-electron chi connectivity index (χ1n) is 7.40. The lowest BCUT2D eigenvalue weighted by molar-refractivity contribution is -0.435. The van der Waals surface area contributed by atoms with Gasteiger partial charge in [0.15, 0.2) is 0 Å². The van der Waals surface area contributed by atoms with Crippen molar-refractivity contribution in [2.75, 3.05) is 13.2 Å². The topological polar surface area (TPSA) is 21.6 Å². The highest BCUT2D eigenvalue weighted by Crippen LogP contribution is 2.60. The van der Waals surface area contributed by atoms with Gasteiger partial charge >= 0.3 is 35.8 Å². The van der Waals surface area contributed by atoms with E-state index in [9.17, 15) is 57.1 Å². The lowest BCUT2D eigenvalue weighted by Crippen LogP contribution is -2.71. The fourth-order valence-electron chi connectivity index (χ4n) is 1.61. The summed E-state index contributed by atoms with van der Waals surface area (Å²) in [6.07, 6.45) is -7.28. The maximum atomic E-state index is 13.8. The molecule has 0 aromatic heterocycles. The zero-order valence-electron chi connectivity index (χ0n) is 14.1. The molecule has 0 unspecified atom stereocenters. The van der Waals surface area contributed by atoms with E-state index in [0.717, 1.165) is 6.92 Å². The number of unbranched alkanes of at least 4 members (excludes halogenated alkanes) is 1. The molecule has 0 bridgehead atoms. The minimum absolute atomic E-state index is 0.0725.